The SMILES string of the molecule is CN(C)CCN1CCN(c2nc(C[NH-])cc(-c3ccc(C(F)(F)F)cc3)n2)CC1. The first-order chi connectivity index (χ1) is 13.8. The van der Waals surface area contributed by atoms with Crippen LogP contribution in [0.4, 0.5) is 19.1 Å². The molecule has 0 spiro atoms. The molecule has 9 heteroatoms. The molecule has 0 amide bonds. The summed E-state index contributed by atoms with van der Waals surface area (Å²) in [5.41, 5.74) is 8.68. The Hall–Kier alpha value is -2.23. The van der Waals surface area contributed by atoms with E-state index in [-0.39, 0.29) is 6.54 Å². The minimum atomic E-state index is -4.37. The maximum absolute atomic E-state index is 12.8. The van der Waals surface area contributed by atoms with E-state index >= 15 is 0 Å². The second-order valence-corrected chi connectivity index (χ2v) is 7.43. The number of piperazine rings is 1. The maximum atomic E-state index is 12.8. The van der Waals surface area contributed by atoms with E-state index in [0.29, 0.717) is 22.9 Å². The average molecular weight is 407 g/mol. The second-order valence-electron chi connectivity index (χ2n) is 7.43. The van der Waals surface area contributed by atoms with Crippen LogP contribution in [0.15, 0.2) is 30.3 Å². The Bertz CT molecular complexity index is 799. The molecule has 0 aliphatic carbocycles. The van der Waals surface area contributed by atoms with Crippen molar-refractivity contribution in [2.24, 2.45) is 0 Å². The smallest absolute Gasteiger partial charge is 0.416 e. The van der Waals surface area contributed by atoms with E-state index in [1.54, 1.807) is 6.07 Å². The van der Waals surface area contributed by atoms with E-state index in [2.05, 4.69) is 38.8 Å². The molecule has 29 heavy (non-hydrogen) atoms. The highest BCUT2D eigenvalue weighted by molar-refractivity contribution is 5.61. The highest BCUT2D eigenvalue weighted by Gasteiger charge is 2.30. The highest BCUT2D eigenvalue weighted by atomic mass is 19.4. The van der Waals surface area contributed by atoms with Crippen molar-refractivity contribution >= 4 is 5.95 Å². The fourth-order valence-corrected chi connectivity index (χ4v) is 3.21. The Labute approximate surface area is 169 Å². The molecular weight excluding hydrogens is 381 g/mol. The third kappa shape index (κ3) is 5.65. The van der Waals surface area contributed by atoms with Gasteiger partial charge in [0.2, 0.25) is 5.95 Å². The maximum Gasteiger partial charge on any atom is 0.416 e. The molecule has 0 saturated carbocycles. The normalized spacial score (nSPS) is 15.9. The molecular formula is C20H26F3N6-. The lowest BCUT2D eigenvalue weighted by Gasteiger charge is -2.35. The summed E-state index contributed by atoms with van der Waals surface area (Å²) < 4.78 is 38.4. The van der Waals surface area contributed by atoms with Crippen LogP contribution in [0.5, 0.6) is 0 Å². The summed E-state index contributed by atoms with van der Waals surface area (Å²) in [7, 11) is 4.11. The van der Waals surface area contributed by atoms with Crippen LogP contribution in [0.3, 0.4) is 0 Å². The monoisotopic (exact) mass is 407 g/mol. The molecule has 1 saturated heterocycles. The minimum Gasteiger partial charge on any atom is -0.672 e. The number of benzene rings is 1. The van der Waals surface area contributed by atoms with E-state index in [1.807, 2.05) is 0 Å². The van der Waals surface area contributed by atoms with Crippen molar-refractivity contribution in [1.82, 2.24) is 19.8 Å². The summed E-state index contributed by atoms with van der Waals surface area (Å²) in [5, 5.41) is 0. The van der Waals surface area contributed by atoms with Gasteiger partial charge in [0.15, 0.2) is 0 Å². The van der Waals surface area contributed by atoms with Crippen molar-refractivity contribution in [2.75, 3.05) is 58.3 Å². The number of hydrogen-bond donors (Lipinski definition) is 0. The highest BCUT2D eigenvalue weighted by Crippen LogP contribution is 2.31. The lowest BCUT2D eigenvalue weighted by Crippen LogP contribution is -2.48. The van der Waals surface area contributed by atoms with Gasteiger partial charge in [-0.1, -0.05) is 12.1 Å². The molecule has 0 radical (unpaired) electrons. The van der Waals surface area contributed by atoms with Gasteiger partial charge < -0.3 is 15.5 Å². The molecule has 2 aromatic rings. The molecule has 1 N–H and O–H groups in total. The van der Waals surface area contributed by atoms with Crippen LogP contribution >= 0.6 is 0 Å². The molecule has 0 bridgehead atoms. The lowest BCUT2D eigenvalue weighted by molar-refractivity contribution is -0.137. The number of anilines is 1. The number of likely N-dealkylation sites (N-methyl/N-ethyl adjacent to an activating group) is 1. The standard InChI is InChI=1S/C20H26F3N6/c1-27(2)7-8-28-9-11-29(12-10-28)19-25-17(14-24)13-18(26-19)15-3-5-16(6-4-15)20(21,22)23/h3-6,13,24H,7-12,14H2,1-2H3/q-1. The van der Waals surface area contributed by atoms with E-state index in [4.69, 9.17) is 5.73 Å². The summed E-state index contributed by atoms with van der Waals surface area (Å²) in [6, 6.07) is 6.62. The van der Waals surface area contributed by atoms with Gasteiger partial charge in [-0.05, 0) is 32.3 Å². The quantitative estimate of drug-likeness (QED) is 0.735. The van der Waals surface area contributed by atoms with Gasteiger partial charge in [-0.2, -0.15) is 13.2 Å². The van der Waals surface area contributed by atoms with Crippen LogP contribution in [-0.4, -0.2) is 73.1 Å². The van der Waals surface area contributed by atoms with Crippen molar-refractivity contribution in [3.63, 3.8) is 0 Å². The fraction of sp³-hybridized carbons (Fsp3) is 0.500. The van der Waals surface area contributed by atoms with Gasteiger partial charge in [-0.25, -0.2) is 9.97 Å². The molecule has 1 aromatic carbocycles. The molecule has 1 fully saturated rings. The second kappa shape index (κ2) is 9.06. The number of nitrogens with one attached hydrogen (secondary N) is 1. The Kier molecular flexibility index (Phi) is 6.71. The van der Waals surface area contributed by atoms with Crippen molar-refractivity contribution < 1.29 is 13.2 Å². The number of aromatic nitrogens is 2. The van der Waals surface area contributed by atoms with E-state index < -0.39 is 11.7 Å². The first-order valence-corrected chi connectivity index (χ1v) is 9.58. The fourth-order valence-electron chi connectivity index (χ4n) is 3.21. The molecule has 1 aromatic heterocycles. The van der Waals surface area contributed by atoms with Crippen LogP contribution in [-0.2, 0) is 12.7 Å². The minimum absolute atomic E-state index is 0.00798. The molecule has 2 heterocycles. The van der Waals surface area contributed by atoms with Gasteiger partial charge in [0, 0.05) is 50.5 Å². The van der Waals surface area contributed by atoms with Crippen molar-refractivity contribution in [3.8, 4) is 11.3 Å². The van der Waals surface area contributed by atoms with E-state index in [0.717, 1.165) is 51.4 Å². The Morgan fingerprint density at radius 2 is 1.69 bits per heavy atom. The molecule has 0 unspecified atom stereocenters. The predicted octanol–water partition coefficient (Wildman–Crippen LogP) is 3.40. The Balaban J connectivity index is 1.76. The molecule has 1 aliphatic rings. The molecule has 158 valence electrons. The van der Waals surface area contributed by atoms with Gasteiger partial charge in [-0.3, -0.25) is 4.90 Å². The topological polar surface area (TPSA) is 59.3 Å². The number of halogens is 3. The average Bonchev–Trinajstić information content (AvgIpc) is 2.71. The predicted molar refractivity (Wildman–Crippen MR) is 108 cm³/mol. The summed E-state index contributed by atoms with van der Waals surface area (Å²) in [4.78, 5) is 15.7. The van der Waals surface area contributed by atoms with Gasteiger partial charge in [0.05, 0.1) is 11.3 Å². The number of hydrogen-bond acceptors (Lipinski definition) is 5. The van der Waals surface area contributed by atoms with Gasteiger partial charge >= 0.3 is 6.18 Å². The first-order valence-electron chi connectivity index (χ1n) is 9.58. The summed E-state index contributed by atoms with van der Waals surface area (Å²) >= 11 is 0. The van der Waals surface area contributed by atoms with Gasteiger partial charge in [-0.15, -0.1) is 6.54 Å². The third-order valence-corrected chi connectivity index (χ3v) is 4.98. The molecule has 1 aliphatic heterocycles. The van der Waals surface area contributed by atoms with Crippen LogP contribution in [0.25, 0.3) is 17.0 Å². The zero-order valence-electron chi connectivity index (χ0n) is 16.7. The number of nitrogens with zero attached hydrogens (tertiary/aromatic N) is 5. The third-order valence-electron chi connectivity index (χ3n) is 4.98. The first kappa shape index (κ1) is 21.5. The van der Waals surface area contributed by atoms with Crippen LogP contribution in [0.1, 0.15) is 11.3 Å². The van der Waals surface area contributed by atoms with Crippen molar-refractivity contribution in [3.05, 3.63) is 47.3 Å². The summed E-state index contributed by atoms with van der Waals surface area (Å²) in [6.45, 7) is 5.36. The molecule has 3 rings (SSSR count). The molecule has 0 atom stereocenters. The largest absolute Gasteiger partial charge is 0.672 e. The summed E-state index contributed by atoms with van der Waals surface area (Å²) in [6.07, 6.45) is -4.37. The van der Waals surface area contributed by atoms with Crippen LogP contribution < -0.4 is 4.90 Å². The zero-order valence-corrected chi connectivity index (χ0v) is 16.7. The molecule has 6 nitrogen and oxygen atoms in total. The summed E-state index contributed by atoms with van der Waals surface area (Å²) in [5.74, 6) is 0.539. The van der Waals surface area contributed by atoms with Crippen molar-refractivity contribution in [1.29, 1.82) is 0 Å². The van der Waals surface area contributed by atoms with Crippen LogP contribution in [0, 0.1) is 0 Å². The van der Waals surface area contributed by atoms with Crippen molar-refractivity contribution in [2.45, 2.75) is 12.7 Å². The Morgan fingerprint density at radius 3 is 2.24 bits per heavy atom. The van der Waals surface area contributed by atoms with Crippen LogP contribution in [0.2, 0.25) is 0 Å². The lowest BCUT2D eigenvalue weighted by atomic mass is 10.1. The number of alkyl halides is 3. The zero-order chi connectivity index (χ0) is 21.0. The Morgan fingerprint density at radius 1 is 1.03 bits per heavy atom. The van der Waals surface area contributed by atoms with Gasteiger partial charge in [0.25, 0.3) is 0 Å². The van der Waals surface area contributed by atoms with Gasteiger partial charge in [0.1, 0.15) is 0 Å². The van der Waals surface area contributed by atoms with E-state index in [1.165, 1.54) is 12.1 Å². The van der Waals surface area contributed by atoms with E-state index in [9.17, 15) is 13.2 Å². The number of rotatable bonds is 6.